The Kier molecular flexibility index (Phi) is 6.65. The van der Waals surface area contributed by atoms with Gasteiger partial charge in [0.1, 0.15) is 6.10 Å². The van der Waals surface area contributed by atoms with Crippen molar-refractivity contribution in [3.05, 3.63) is 0 Å². The number of ether oxygens (including phenoxy) is 1. The van der Waals surface area contributed by atoms with E-state index in [1.807, 2.05) is 0 Å². The number of nitrogens with one attached hydrogen (secondary N) is 1. The molecule has 1 unspecified atom stereocenters. The molecule has 1 fully saturated rings. The van der Waals surface area contributed by atoms with Crippen molar-refractivity contribution in [2.75, 3.05) is 6.54 Å². The predicted molar refractivity (Wildman–Crippen MR) is 73.2 cm³/mol. The summed E-state index contributed by atoms with van der Waals surface area (Å²) in [6.45, 7) is 7.02. The molecule has 1 amide bonds. The smallest absolute Gasteiger partial charge is 0.249 e. The highest BCUT2D eigenvalue weighted by Crippen LogP contribution is 2.19. The number of carbonyl (C=O) groups excluding carboxylic acids is 1. The average molecular weight is 256 g/mol. The Hall–Kier alpha value is -0.610. The second-order valence-electron chi connectivity index (χ2n) is 5.79. The Bertz CT molecular complexity index is 256. The molecule has 0 aliphatic carbocycles. The standard InChI is InChI=1S/C14H28N2O2/c1-10(2)5-4-6-11(3)16-14(17)13-8-7-12(9-15)18-13/h10-13H,4-9,15H2,1-3H3,(H,16,17)/t11?,12-,13+/m1/s1. The Balaban J connectivity index is 2.19. The maximum atomic E-state index is 11.9. The highest BCUT2D eigenvalue weighted by Gasteiger charge is 2.30. The van der Waals surface area contributed by atoms with Crippen LogP contribution in [0.3, 0.4) is 0 Å². The van der Waals surface area contributed by atoms with Crippen molar-refractivity contribution in [3.63, 3.8) is 0 Å². The van der Waals surface area contributed by atoms with E-state index >= 15 is 0 Å². The second-order valence-corrected chi connectivity index (χ2v) is 5.79. The van der Waals surface area contributed by atoms with Crippen molar-refractivity contribution in [2.45, 2.75) is 71.1 Å². The van der Waals surface area contributed by atoms with Crippen molar-refractivity contribution in [1.29, 1.82) is 0 Å². The normalized spacial score (nSPS) is 25.4. The third-order valence-electron chi connectivity index (χ3n) is 3.47. The van der Waals surface area contributed by atoms with Crippen LogP contribution in [0.4, 0.5) is 0 Å². The van der Waals surface area contributed by atoms with Crippen LogP contribution in [0.25, 0.3) is 0 Å². The molecule has 1 saturated heterocycles. The van der Waals surface area contributed by atoms with Crippen LogP contribution in [0.15, 0.2) is 0 Å². The lowest BCUT2D eigenvalue weighted by Crippen LogP contribution is -2.40. The molecule has 1 rings (SSSR count). The van der Waals surface area contributed by atoms with E-state index in [-0.39, 0.29) is 24.2 Å². The first-order valence-electron chi connectivity index (χ1n) is 7.18. The zero-order chi connectivity index (χ0) is 13.5. The zero-order valence-corrected chi connectivity index (χ0v) is 11.9. The summed E-state index contributed by atoms with van der Waals surface area (Å²) in [5, 5.41) is 3.04. The molecular formula is C14H28N2O2. The van der Waals surface area contributed by atoms with Gasteiger partial charge in [-0.2, -0.15) is 0 Å². The van der Waals surface area contributed by atoms with Crippen LogP contribution in [-0.4, -0.2) is 30.7 Å². The van der Waals surface area contributed by atoms with Gasteiger partial charge in [-0.25, -0.2) is 0 Å². The fraction of sp³-hybridized carbons (Fsp3) is 0.929. The molecule has 3 atom stereocenters. The van der Waals surface area contributed by atoms with Crippen molar-refractivity contribution in [3.8, 4) is 0 Å². The van der Waals surface area contributed by atoms with E-state index < -0.39 is 0 Å². The Labute approximate surface area is 111 Å². The highest BCUT2D eigenvalue weighted by molar-refractivity contribution is 5.81. The van der Waals surface area contributed by atoms with Crippen LogP contribution in [-0.2, 0) is 9.53 Å². The maximum absolute atomic E-state index is 11.9. The van der Waals surface area contributed by atoms with Gasteiger partial charge in [-0.3, -0.25) is 4.79 Å². The van der Waals surface area contributed by atoms with Gasteiger partial charge in [-0.1, -0.05) is 26.7 Å². The minimum absolute atomic E-state index is 0.0306. The van der Waals surface area contributed by atoms with Gasteiger partial charge < -0.3 is 15.8 Å². The minimum Gasteiger partial charge on any atom is -0.364 e. The monoisotopic (exact) mass is 256 g/mol. The van der Waals surface area contributed by atoms with Gasteiger partial charge >= 0.3 is 0 Å². The molecule has 0 aromatic rings. The lowest BCUT2D eigenvalue weighted by molar-refractivity contribution is -0.132. The zero-order valence-electron chi connectivity index (χ0n) is 11.9. The van der Waals surface area contributed by atoms with E-state index in [9.17, 15) is 4.79 Å². The molecule has 18 heavy (non-hydrogen) atoms. The first-order valence-corrected chi connectivity index (χ1v) is 7.18. The molecule has 1 heterocycles. The van der Waals surface area contributed by atoms with Crippen LogP contribution in [0, 0.1) is 5.92 Å². The number of nitrogens with two attached hydrogens (primary N) is 1. The number of hydrogen-bond donors (Lipinski definition) is 2. The fourth-order valence-corrected chi connectivity index (χ4v) is 2.31. The molecule has 0 aromatic heterocycles. The Morgan fingerprint density at radius 1 is 1.33 bits per heavy atom. The Morgan fingerprint density at radius 2 is 2.06 bits per heavy atom. The van der Waals surface area contributed by atoms with Gasteiger partial charge in [0.25, 0.3) is 0 Å². The van der Waals surface area contributed by atoms with E-state index in [2.05, 4.69) is 26.1 Å². The second kappa shape index (κ2) is 7.74. The maximum Gasteiger partial charge on any atom is 0.249 e. The molecule has 4 heteroatoms. The first-order chi connectivity index (χ1) is 8.52. The van der Waals surface area contributed by atoms with Crippen molar-refractivity contribution in [1.82, 2.24) is 5.32 Å². The van der Waals surface area contributed by atoms with Gasteiger partial charge in [0.05, 0.1) is 6.10 Å². The lowest BCUT2D eigenvalue weighted by Gasteiger charge is -2.18. The molecule has 0 bridgehead atoms. The summed E-state index contributed by atoms with van der Waals surface area (Å²) in [5.41, 5.74) is 5.53. The summed E-state index contributed by atoms with van der Waals surface area (Å²) in [5.74, 6) is 0.763. The van der Waals surface area contributed by atoms with Crippen molar-refractivity contribution < 1.29 is 9.53 Å². The van der Waals surface area contributed by atoms with Crippen LogP contribution in [0.5, 0.6) is 0 Å². The van der Waals surface area contributed by atoms with Crippen molar-refractivity contribution in [2.24, 2.45) is 11.7 Å². The van der Waals surface area contributed by atoms with E-state index in [1.54, 1.807) is 0 Å². The van der Waals surface area contributed by atoms with E-state index in [0.717, 1.165) is 31.6 Å². The summed E-state index contributed by atoms with van der Waals surface area (Å²) < 4.78 is 5.58. The largest absolute Gasteiger partial charge is 0.364 e. The number of carbonyl (C=O) groups is 1. The molecule has 3 N–H and O–H groups in total. The van der Waals surface area contributed by atoms with Gasteiger partial charge in [0.2, 0.25) is 5.91 Å². The van der Waals surface area contributed by atoms with E-state index in [4.69, 9.17) is 10.5 Å². The summed E-state index contributed by atoms with van der Waals surface area (Å²) in [6, 6.07) is 0.233. The van der Waals surface area contributed by atoms with Crippen molar-refractivity contribution >= 4 is 5.91 Å². The highest BCUT2D eigenvalue weighted by atomic mass is 16.5. The molecule has 0 saturated carbocycles. The van der Waals surface area contributed by atoms with Gasteiger partial charge in [0.15, 0.2) is 0 Å². The number of amides is 1. The third kappa shape index (κ3) is 5.36. The number of hydrogen-bond acceptors (Lipinski definition) is 3. The number of rotatable bonds is 7. The molecular weight excluding hydrogens is 228 g/mol. The predicted octanol–water partition coefficient (Wildman–Crippen LogP) is 1.82. The quantitative estimate of drug-likeness (QED) is 0.730. The summed E-state index contributed by atoms with van der Waals surface area (Å²) in [7, 11) is 0. The van der Waals surface area contributed by atoms with Crippen LogP contribution < -0.4 is 11.1 Å². The first kappa shape index (κ1) is 15.4. The Morgan fingerprint density at radius 3 is 2.61 bits per heavy atom. The van der Waals surface area contributed by atoms with E-state index in [1.165, 1.54) is 6.42 Å². The molecule has 1 aliphatic rings. The average Bonchev–Trinajstić information content (AvgIpc) is 2.76. The van der Waals surface area contributed by atoms with Crippen LogP contribution >= 0.6 is 0 Å². The summed E-state index contributed by atoms with van der Waals surface area (Å²) in [4.78, 5) is 11.9. The van der Waals surface area contributed by atoms with E-state index in [0.29, 0.717) is 6.54 Å². The molecule has 106 valence electrons. The van der Waals surface area contributed by atoms with Gasteiger partial charge in [-0.15, -0.1) is 0 Å². The molecule has 0 radical (unpaired) electrons. The van der Waals surface area contributed by atoms with Crippen LogP contribution in [0.1, 0.15) is 52.9 Å². The topological polar surface area (TPSA) is 64.4 Å². The van der Waals surface area contributed by atoms with Crippen LogP contribution in [0.2, 0.25) is 0 Å². The fourth-order valence-electron chi connectivity index (χ4n) is 2.31. The molecule has 0 spiro atoms. The molecule has 0 aromatic carbocycles. The summed E-state index contributed by atoms with van der Waals surface area (Å²) >= 11 is 0. The SMILES string of the molecule is CC(C)CCCC(C)NC(=O)[C@@H]1CC[C@H](CN)O1. The molecule has 1 aliphatic heterocycles. The minimum atomic E-state index is -0.286. The third-order valence-corrected chi connectivity index (χ3v) is 3.47. The molecule has 4 nitrogen and oxygen atoms in total. The van der Waals surface area contributed by atoms with Gasteiger partial charge in [-0.05, 0) is 32.1 Å². The lowest BCUT2D eigenvalue weighted by atomic mass is 10.0. The summed E-state index contributed by atoms with van der Waals surface area (Å²) in [6.07, 6.45) is 4.90. The van der Waals surface area contributed by atoms with Gasteiger partial charge in [0, 0.05) is 12.6 Å².